The van der Waals surface area contributed by atoms with Crippen LogP contribution in [-0.4, -0.2) is 33.5 Å². The van der Waals surface area contributed by atoms with E-state index in [2.05, 4.69) is 13.8 Å². The second-order valence-electron chi connectivity index (χ2n) is 10.1. The van der Waals surface area contributed by atoms with E-state index >= 15 is 0 Å². The summed E-state index contributed by atoms with van der Waals surface area (Å²) in [7, 11) is 0. The molecular formula is C22H32O4. The molecule has 0 heterocycles. The molecule has 4 nitrogen and oxygen atoms in total. The minimum Gasteiger partial charge on any atom is -0.393 e. The van der Waals surface area contributed by atoms with E-state index in [0.29, 0.717) is 31.1 Å². The smallest absolute Gasteiger partial charge is 0.161 e. The second-order valence-corrected chi connectivity index (χ2v) is 10.1. The van der Waals surface area contributed by atoms with Crippen LogP contribution in [0.15, 0.2) is 11.6 Å². The SMILES string of the molecule is CC(=O)[C@@]1(O)CC[C@H]2[C@@H]3C[C@H](C)C4=CC(=O)CC[C@]4(C)[C@H]3[C@@H](O)C[C@@]21C. The number of Topliss-reactive ketones (excluding diaryl/α,β-unsaturated/α-hetero) is 1. The lowest BCUT2D eigenvalue weighted by atomic mass is 9.44. The van der Waals surface area contributed by atoms with Gasteiger partial charge in [-0.2, -0.15) is 0 Å². The fourth-order valence-corrected chi connectivity index (χ4v) is 7.70. The van der Waals surface area contributed by atoms with Gasteiger partial charge in [0.1, 0.15) is 5.60 Å². The Hall–Kier alpha value is -1.00. The third kappa shape index (κ3) is 2.09. The van der Waals surface area contributed by atoms with Gasteiger partial charge in [0.15, 0.2) is 11.6 Å². The fraction of sp³-hybridized carbons (Fsp3) is 0.818. The quantitative estimate of drug-likeness (QED) is 0.754. The maximum Gasteiger partial charge on any atom is 0.161 e. The molecule has 0 unspecified atom stereocenters. The Morgan fingerprint density at radius 2 is 1.96 bits per heavy atom. The van der Waals surface area contributed by atoms with E-state index in [1.54, 1.807) is 0 Å². The molecule has 0 spiro atoms. The van der Waals surface area contributed by atoms with Crippen molar-refractivity contribution in [3.05, 3.63) is 11.6 Å². The summed E-state index contributed by atoms with van der Waals surface area (Å²) in [5, 5.41) is 22.5. The molecule has 4 heteroatoms. The molecular weight excluding hydrogens is 328 g/mol. The first-order chi connectivity index (χ1) is 12.0. The minimum atomic E-state index is -1.31. The summed E-state index contributed by atoms with van der Waals surface area (Å²) in [5.41, 5.74) is -0.792. The summed E-state index contributed by atoms with van der Waals surface area (Å²) in [5.74, 6) is 1.03. The molecule has 0 aromatic rings. The van der Waals surface area contributed by atoms with E-state index in [-0.39, 0.29) is 28.8 Å². The lowest BCUT2D eigenvalue weighted by molar-refractivity contribution is -0.181. The van der Waals surface area contributed by atoms with Crippen molar-refractivity contribution in [2.75, 3.05) is 0 Å². The van der Waals surface area contributed by atoms with Gasteiger partial charge in [0, 0.05) is 11.8 Å². The van der Waals surface area contributed by atoms with Crippen LogP contribution in [0.5, 0.6) is 0 Å². The number of rotatable bonds is 1. The predicted molar refractivity (Wildman–Crippen MR) is 98.3 cm³/mol. The number of carbonyl (C=O) groups is 2. The molecule has 4 rings (SSSR count). The van der Waals surface area contributed by atoms with Crippen molar-refractivity contribution in [1.82, 2.24) is 0 Å². The monoisotopic (exact) mass is 360 g/mol. The lowest BCUT2D eigenvalue weighted by Crippen LogP contribution is -2.62. The van der Waals surface area contributed by atoms with Gasteiger partial charge < -0.3 is 10.2 Å². The third-order valence-electron chi connectivity index (χ3n) is 8.95. The molecule has 4 aliphatic carbocycles. The largest absolute Gasteiger partial charge is 0.393 e. The second kappa shape index (κ2) is 5.51. The average Bonchev–Trinajstić information content (AvgIpc) is 2.81. The van der Waals surface area contributed by atoms with Crippen molar-refractivity contribution in [2.24, 2.45) is 34.5 Å². The molecule has 26 heavy (non-hydrogen) atoms. The Morgan fingerprint density at radius 3 is 2.62 bits per heavy atom. The van der Waals surface area contributed by atoms with Crippen LogP contribution < -0.4 is 0 Å². The van der Waals surface area contributed by atoms with Crippen LogP contribution in [0.2, 0.25) is 0 Å². The molecule has 2 N–H and O–H groups in total. The van der Waals surface area contributed by atoms with Crippen molar-refractivity contribution in [2.45, 2.75) is 77.9 Å². The molecule has 0 aliphatic heterocycles. The number of aliphatic hydroxyl groups is 2. The summed E-state index contributed by atoms with van der Waals surface area (Å²) in [6, 6.07) is 0. The first-order valence-corrected chi connectivity index (χ1v) is 10.2. The molecule has 8 atom stereocenters. The number of fused-ring (bicyclic) bond motifs is 5. The van der Waals surface area contributed by atoms with Crippen molar-refractivity contribution < 1.29 is 19.8 Å². The van der Waals surface area contributed by atoms with Gasteiger partial charge in [-0.1, -0.05) is 26.3 Å². The number of ketones is 2. The highest BCUT2D eigenvalue weighted by atomic mass is 16.3. The molecule has 0 aromatic carbocycles. The molecule has 3 saturated carbocycles. The molecule has 3 fully saturated rings. The summed E-state index contributed by atoms with van der Waals surface area (Å²) < 4.78 is 0. The zero-order valence-corrected chi connectivity index (χ0v) is 16.4. The highest BCUT2D eigenvalue weighted by Gasteiger charge is 2.68. The molecule has 0 amide bonds. The van der Waals surface area contributed by atoms with E-state index in [9.17, 15) is 19.8 Å². The van der Waals surface area contributed by atoms with Gasteiger partial charge in [-0.05, 0) is 74.2 Å². The number of hydrogen-bond acceptors (Lipinski definition) is 4. The molecule has 0 radical (unpaired) electrons. The standard InChI is InChI=1S/C22H32O4/c1-12-9-15-16-6-8-22(26,13(2)23)21(16,4)11-18(25)19(15)20(3)7-5-14(24)10-17(12)20/h10,12,15-16,18-19,25-26H,5-9,11H2,1-4H3/t12-,15-,16-,18-,19+,20-,21-,22-/m0/s1. The first-order valence-electron chi connectivity index (χ1n) is 10.2. The van der Waals surface area contributed by atoms with Crippen LogP contribution in [-0.2, 0) is 9.59 Å². The number of aliphatic hydroxyl groups excluding tert-OH is 1. The predicted octanol–water partition coefficient (Wildman–Crippen LogP) is 3.06. The Balaban J connectivity index is 1.79. The molecule has 0 bridgehead atoms. The van der Waals surface area contributed by atoms with Crippen LogP contribution in [0.3, 0.4) is 0 Å². The summed E-state index contributed by atoms with van der Waals surface area (Å²) in [4.78, 5) is 24.3. The summed E-state index contributed by atoms with van der Waals surface area (Å²) in [6.45, 7) is 7.94. The van der Waals surface area contributed by atoms with E-state index < -0.39 is 17.1 Å². The number of carbonyl (C=O) groups excluding carboxylic acids is 2. The zero-order chi connectivity index (χ0) is 19.1. The van der Waals surface area contributed by atoms with E-state index in [0.717, 1.165) is 19.3 Å². The van der Waals surface area contributed by atoms with E-state index in [4.69, 9.17) is 0 Å². The molecule has 0 saturated heterocycles. The van der Waals surface area contributed by atoms with Gasteiger partial charge >= 0.3 is 0 Å². The highest BCUT2D eigenvalue weighted by Crippen LogP contribution is 2.68. The molecule has 4 aliphatic rings. The first kappa shape index (κ1) is 18.4. The molecule has 144 valence electrons. The fourth-order valence-electron chi connectivity index (χ4n) is 7.70. The van der Waals surface area contributed by atoms with Gasteiger partial charge in [0.2, 0.25) is 0 Å². The van der Waals surface area contributed by atoms with E-state index in [1.165, 1.54) is 12.5 Å². The molecule has 0 aromatic heterocycles. The van der Waals surface area contributed by atoms with Crippen LogP contribution in [0.1, 0.15) is 66.2 Å². The summed E-state index contributed by atoms with van der Waals surface area (Å²) >= 11 is 0. The highest BCUT2D eigenvalue weighted by molar-refractivity contribution is 5.91. The van der Waals surface area contributed by atoms with Gasteiger partial charge in [-0.25, -0.2) is 0 Å². The minimum absolute atomic E-state index is 0.116. The van der Waals surface area contributed by atoms with Crippen molar-refractivity contribution >= 4 is 11.6 Å². The topological polar surface area (TPSA) is 74.6 Å². The van der Waals surface area contributed by atoms with Crippen LogP contribution in [0.4, 0.5) is 0 Å². The average molecular weight is 360 g/mol. The van der Waals surface area contributed by atoms with Crippen molar-refractivity contribution in [1.29, 1.82) is 0 Å². The van der Waals surface area contributed by atoms with Gasteiger partial charge in [-0.15, -0.1) is 0 Å². The van der Waals surface area contributed by atoms with Gasteiger partial charge in [0.25, 0.3) is 0 Å². The lowest BCUT2D eigenvalue weighted by Gasteiger charge is -2.61. The van der Waals surface area contributed by atoms with Crippen LogP contribution >= 0.6 is 0 Å². The Labute approximate surface area is 156 Å². The Bertz CT molecular complexity index is 696. The third-order valence-corrected chi connectivity index (χ3v) is 8.95. The van der Waals surface area contributed by atoms with Crippen LogP contribution in [0, 0.1) is 34.5 Å². The summed E-state index contributed by atoms with van der Waals surface area (Å²) in [6.07, 6.45) is 5.44. The Morgan fingerprint density at radius 1 is 1.27 bits per heavy atom. The van der Waals surface area contributed by atoms with Crippen LogP contribution in [0.25, 0.3) is 0 Å². The maximum atomic E-state index is 12.3. The Kier molecular flexibility index (Phi) is 3.89. The van der Waals surface area contributed by atoms with E-state index in [1.807, 2.05) is 13.0 Å². The normalized spacial score (nSPS) is 53.4. The van der Waals surface area contributed by atoms with Crippen molar-refractivity contribution in [3.8, 4) is 0 Å². The van der Waals surface area contributed by atoms with Crippen molar-refractivity contribution in [3.63, 3.8) is 0 Å². The number of hydrogen-bond donors (Lipinski definition) is 2. The van der Waals surface area contributed by atoms with Gasteiger partial charge in [0.05, 0.1) is 6.10 Å². The maximum absolute atomic E-state index is 12.3. The van der Waals surface area contributed by atoms with Gasteiger partial charge in [-0.3, -0.25) is 9.59 Å². The number of allylic oxidation sites excluding steroid dienone is 1. The zero-order valence-electron chi connectivity index (χ0n) is 16.4.